The molecule has 1 aliphatic rings. The Bertz CT molecular complexity index is 608. The zero-order valence-electron chi connectivity index (χ0n) is 10.2. The number of hydrogen-bond acceptors (Lipinski definition) is 2. The van der Waals surface area contributed by atoms with Crippen LogP contribution in [0.2, 0.25) is 0 Å². The molecule has 1 aliphatic carbocycles. The average Bonchev–Trinajstić information content (AvgIpc) is 2.83. The second-order valence-corrected chi connectivity index (χ2v) is 5.92. The van der Waals surface area contributed by atoms with E-state index in [9.17, 15) is 4.39 Å². The molecule has 0 aliphatic heterocycles. The minimum absolute atomic E-state index is 0.299. The zero-order valence-corrected chi connectivity index (χ0v) is 11.7. The topological polar surface area (TPSA) is 43.8 Å². The normalized spacial score (nSPS) is 23.9. The third-order valence-electron chi connectivity index (χ3n) is 3.91. The lowest BCUT2D eigenvalue weighted by molar-refractivity contribution is 0.421. The minimum Gasteiger partial charge on any atom is -0.369 e. The van der Waals surface area contributed by atoms with Crippen molar-refractivity contribution in [2.24, 2.45) is 5.92 Å². The molecule has 3 rings (SSSR count). The van der Waals surface area contributed by atoms with Crippen LogP contribution in [0.1, 0.15) is 32.2 Å². The fraction of sp³-hybridized carbons (Fsp3) is 0.462. The van der Waals surface area contributed by atoms with Crippen molar-refractivity contribution in [3.8, 4) is 0 Å². The molecule has 96 valence electrons. The van der Waals surface area contributed by atoms with Crippen LogP contribution in [-0.4, -0.2) is 9.55 Å². The van der Waals surface area contributed by atoms with Crippen LogP contribution < -0.4 is 5.73 Å². The van der Waals surface area contributed by atoms with Crippen LogP contribution in [0.3, 0.4) is 0 Å². The lowest BCUT2D eigenvalue weighted by Gasteiger charge is -2.19. The highest BCUT2D eigenvalue weighted by Gasteiger charge is 2.28. The van der Waals surface area contributed by atoms with Gasteiger partial charge in [-0.05, 0) is 40.8 Å². The summed E-state index contributed by atoms with van der Waals surface area (Å²) in [6.45, 7) is 2.24. The van der Waals surface area contributed by atoms with Gasteiger partial charge in [0.05, 0.1) is 15.5 Å². The highest BCUT2D eigenvalue weighted by molar-refractivity contribution is 9.10. The van der Waals surface area contributed by atoms with Crippen molar-refractivity contribution in [2.75, 3.05) is 5.73 Å². The van der Waals surface area contributed by atoms with E-state index in [1.807, 2.05) is 0 Å². The monoisotopic (exact) mass is 311 g/mol. The summed E-state index contributed by atoms with van der Waals surface area (Å²) in [7, 11) is 0. The van der Waals surface area contributed by atoms with Gasteiger partial charge in [0.2, 0.25) is 5.95 Å². The number of nitrogen functional groups attached to an aromatic ring is 1. The van der Waals surface area contributed by atoms with Gasteiger partial charge < -0.3 is 10.3 Å². The summed E-state index contributed by atoms with van der Waals surface area (Å²) in [5.41, 5.74) is 7.56. The molecule has 2 aromatic rings. The van der Waals surface area contributed by atoms with Crippen molar-refractivity contribution in [3.63, 3.8) is 0 Å². The summed E-state index contributed by atoms with van der Waals surface area (Å²) >= 11 is 3.23. The number of anilines is 1. The number of rotatable bonds is 1. The molecule has 2 unspecified atom stereocenters. The van der Waals surface area contributed by atoms with E-state index in [-0.39, 0.29) is 5.82 Å². The predicted molar refractivity (Wildman–Crippen MR) is 73.9 cm³/mol. The van der Waals surface area contributed by atoms with E-state index in [1.54, 1.807) is 6.07 Å². The highest BCUT2D eigenvalue weighted by atomic mass is 79.9. The Hall–Kier alpha value is -1.10. The SMILES string of the molecule is CC1CCCC1n1c(N)nc2cc(F)c(Br)cc21. The second-order valence-electron chi connectivity index (χ2n) is 5.07. The first-order valence-corrected chi connectivity index (χ1v) is 6.99. The average molecular weight is 312 g/mol. The molecular weight excluding hydrogens is 297 g/mol. The molecule has 0 spiro atoms. The Kier molecular flexibility index (Phi) is 2.81. The number of nitrogens with two attached hydrogens (primary N) is 1. The van der Waals surface area contributed by atoms with Crippen molar-refractivity contribution in [1.82, 2.24) is 9.55 Å². The Balaban J connectivity index is 2.22. The van der Waals surface area contributed by atoms with Gasteiger partial charge in [0.15, 0.2) is 0 Å². The van der Waals surface area contributed by atoms with E-state index in [0.717, 1.165) is 11.9 Å². The summed E-state index contributed by atoms with van der Waals surface area (Å²) in [4.78, 5) is 4.27. The third kappa shape index (κ3) is 1.72. The molecule has 2 N–H and O–H groups in total. The van der Waals surface area contributed by atoms with Gasteiger partial charge in [-0.15, -0.1) is 0 Å². The zero-order chi connectivity index (χ0) is 12.9. The smallest absolute Gasteiger partial charge is 0.201 e. The van der Waals surface area contributed by atoms with E-state index < -0.39 is 0 Å². The van der Waals surface area contributed by atoms with Gasteiger partial charge in [0.1, 0.15) is 5.82 Å². The number of benzene rings is 1. The lowest BCUT2D eigenvalue weighted by Crippen LogP contribution is -2.14. The molecule has 1 aromatic carbocycles. The fourth-order valence-electron chi connectivity index (χ4n) is 2.97. The second kappa shape index (κ2) is 4.23. The Morgan fingerprint density at radius 1 is 1.44 bits per heavy atom. The maximum Gasteiger partial charge on any atom is 0.201 e. The van der Waals surface area contributed by atoms with Crippen LogP contribution in [0.15, 0.2) is 16.6 Å². The standard InChI is InChI=1S/C13H15BrFN3/c1-7-3-2-4-11(7)18-12-5-8(14)9(15)6-10(12)17-13(18)16/h5-7,11H,2-4H2,1H3,(H2,16,17). The molecule has 1 aromatic heterocycles. The number of nitrogens with zero attached hydrogens (tertiary/aromatic N) is 2. The molecule has 1 heterocycles. The highest BCUT2D eigenvalue weighted by Crippen LogP contribution is 2.39. The van der Waals surface area contributed by atoms with E-state index in [1.165, 1.54) is 18.9 Å². The van der Waals surface area contributed by atoms with Crippen molar-refractivity contribution < 1.29 is 4.39 Å². The third-order valence-corrected chi connectivity index (χ3v) is 4.51. The number of aromatic nitrogens is 2. The summed E-state index contributed by atoms with van der Waals surface area (Å²) in [6, 6.07) is 3.60. The van der Waals surface area contributed by atoms with Gasteiger partial charge >= 0.3 is 0 Å². The number of fused-ring (bicyclic) bond motifs is 1. The largest absolute Gasteiger partial charge is 0.369 e. The summed E-state index contributed by atoms with van der Waals surface area (Å²) in [6.07, 6.45) is 3.55. The molecular formula is C13H15BrFN3. The van der Waals surface area contributed by atoms with E-state index >= 15 is 0 Å². The molecule has 2 atom stereocenters. The molecule has 3 nitrogen and oxygen atoms in total. The lowest BCUT2D eigenvalue weighted by atomic mass is 10.1. The Morgan fingerprint density at radius 3 is 2.89 bits per heavy atom. The van der Waals surface area contributed by atoms with Crippen molar-refractivity contribution >= 4 is 32.9 Å². The Morgan fingerprint density at radius 2 is 2.22 bits per heavy atom. The predicted octanol–water partition coefficient (Wildman–Crippen LogP) is 3.88. The molecule has 0 saturated heterocycles. The molecule has 18 heavy (non-hydrogen) atoms. The molecule has 1 fully saturated rings. The molecule has 0 bridgehead atoms. The quantitative estimate of drug-likeness (QED) is 0.868. The van der Waals surface area contributed by atoms with Gasteiger partial charge in [-0.25, -0.2) is 9.37 Å². The summed E-state index contributed by atoms with van der Waals surface area (Å²) in [5, 5.41) is 0. The number of imidazole rings is 1. The first-order chi connectivity index (χ1) is 8.58. The van der Waals surface area contributed by atoms with Crippen LogP contribution in [-0.2, 0) is 0 Å². The molecule has 5 heteroatoms. The molecule has 0 amide bonds. The number of halogens is 2. The van der Waals surface area contributed by atoms with Crippen molar-refractivity contribution in [3.05, 3.63) is 22.4 Å². The van der Waals surface area contributed by atoms with Gasteiger partial charge in [-0.1, -0.05) is 13.3 Å². The van der Waals surface area contributed by atoms with Crippen LogP contribution in [0.25, 0.3) is 11.0 Å². The van der Waals surface area contributed by atoms with Crippen molar-refractivity contribution in [2.45, 2.75) is 32.2 Å². The van der Waals surface area contributed by atoms with Crippen molar-refractivity contribution in [1.29, 1.82) is 0 Å². The van der Waals surface area contributed by atoms with E-state index in [4.69, 9.17) is 5.73 Å². The van der Waals surface area contributed by atoms with Gasteiger partial charge in [0.25, 0.3) is 0 Å². The van der Waals surface area contributed by atoms with Crippen LogP contribution in [0.5, 0.6) is 0 Å². The summed E-state index contributed by atoms with van der Waals surface area (Å²) in [5.74, 6) is 0.779. The fourth-order valence-corrected chi connectivity index (χ4v) is 3.30. The van der Waals surface area contributed by atoms with Crippen LogP contribution in [0.4, 0.5) is 10.3 Å². The van der Waals surface area contributed by atoms with Gasteiger partial charge in [0, 0.05) is 12.1 Å². The minimum atomic E-state index is -0.299. The Labute approximate surface area is 113 Å². The summed E-state index contributed by atoms with van der Waals surface area (Å²) < 4.78 is 16.0. The van der Waals surface area contributed by atoms with Crippen LogP contribution in [0, 0.1) is 11.7 Å². The maximum absolute atomic E-state index is 13.5. The van der Waals surface area contributed by atoms with Crippen LogP contribution >= 0.6 is 15.9 Å². The number of hydrogen-bond donors (Lipinski definition) is 1. The van der Waals surface area contributed by atoms with Gasteiger partial charge in [-0.3, -0.25) is 0 Å². The molecule has 1 saturated carbocycles. The van der Waals surface area contributed by atoms with Gasteiger partial charge in [-0.2, -0.15) is 0 Å². The van der Waals surface area contributed by atoms with E-state index in [0.29, 0.717) is 27.9 Å². The van der Waals surface area contributed by atoms with E-state index in [2.05, 4.69) is 32.4 Å². The maximum atomic E-state index is 13.5. The first-order valence-electron chi connectivity index (χ1n) is 6.20. The molecule has 0 radical (unpaired) electrons. The first kappa shape index (κ1) is 12.0.